The highest BCUT2D eigenvalue weighted by molar-refractivity contribution is 6.29. The zero-order valence-electron chi connectivity index (χ0n) is 10.5. The van der Waals surface area contributed by atoms with Crippen molar-refractivity contribution in [3.63, 3.8) is 0 Å². The molecule has 4 heteroatoms. The maximum Gasteiger partial charge on any atom is 0.254 e. The Morgan fingerprint density at radius 3 is 2.94 bits per heavy atom. The Morgan fingerprint density at radius 2 is 2.28 bits per heavy atom. The van der Waals surface area contributed by atoms with Crippen LogP contribution in [0.2, 0.25) is 5.15 Å². The van der Waals surface area contributed by atoms with Crippen LogP contribution in [0.4, 0.5) is 0 Å². The first-order valence-corrected chi connectivity index (χ1v) is 6.69. The van der Waals surface area contributed by atoms with Gasteiger partial charge >= 0.3 is 0 Å². The van der Waals surface area contributed by atoms with Gasteiger partial charge in [-0.15, -0.1) is 0 Å². The van der Waals surface area contributed by atoms with E-state index in [4.69, 9.17) is 11.6 Å². The molecule has 1 aromatic heterocycles. The Bertz CT molecular complexity index is 471. The van der Waals surface area contributed by atoms with Crippen molar-refractivity contribution in [3.8, 4) is 0 Å². The van der Waals surface area contributed by atoms with Crippen LogP contribution in [0.5, 0.6) is 0 Å². The summed E-state index contributed by atoms with van der Waals surface area (Å²) >= 11 is 5.97. The van der Waals surface area contributed by atoms with Gasteiger partial charge in [0.2, 0.25) is 0 Å². The molecule has 96 valence electrons. The molecule has 0 spiro atoms. The van der Waals surface area contributed by atoms with Crippen molar-refractivity contribution in [2.24, 2.45) is 0 Å². The number of carbonyl (C=O) groups is 1. The van der Waals surface area contributed by atoms with E-state index in [2.05, 4.69) is 18.0 Å². The van der Waals surface area contributed by atoms with Crippen molar-refractivity contribution in [3.05, 3.63) is 40.7 Å². The van der Waals surface area contributed by atoms with Gasteiger partial charge in [-0.25, -0.2) is 4.98 Å². The number of nitrogens with zero attached hydrogens (tertiary/aromatic N) is 2. The maximum atomic E-state index is 12.3. The van der Waals surface area contributed by atoms with Gasteiger partial charge in [-0.3, -0.25) is 4.79 Å². The molecule has 2 heterocycles. The number of hydrogen-bond acceptors (Lipinski definition) is 2. The summed E-state index contributed by atoms with van der Waals surface area (Å²) in [6, 6.07) is 3.51. The quantitative estimate of drug-likeness (QED) is 0.621. The fraction of sp³-hybridized carbons (Fsp3) is 0.429. The van der Waals surface area contributed by atoms with Crippen LogP contribution in [0.1, 0.15) is 35.8 Å². The highest BCUT2D eigenvalue weighted by Gasteiger charge is 2.17. The molecule has 0 radical (unpaired) electrons. The third-order valence-electron chi connectivity index (χ3n) is 2.95. The fourth-order valence-electron chi connectivity index (χ4n) is 2.07. The molecule has 0 saturated heterocycles. The predicted octanol–water partition coefficient (Wildman–Crippen LogP) is 3.09. The maximum absolute atomic E-state index is 12.3. The normalized spacial score (nSPS) is 14.9. The van der Waals surface area contributed by atoms with Gasteiger partial charge in [-0.2, -0.15) is 0 Å². The summed E-state index contributed by atoms with van der Waals surface area (Å²) in [4.78, 5) is 18.4. The molecule has 0 atom stereocenters. The molecule has 0 aromatic carbocycles. The molecule has 1 aromatic rings. The summed E-state index contributed by atoms with van der Waals surface area (Å²) in [5.74, 6) is 0.0426. The van der Waals surface area contributed by atoms with E-state index in [0.717, 1.165) is 31.5 Å². The topological polar surface area (TPSA) is 33.2 Å². The van der Waals surface area contributed by atoms with E-state index in [9.17, 15) is 4.79 Å². The molecule has 3 nitrogen and oxygen atoms in total. The lowest BCUT2D eigenvalue weighted by Gasteiger charge is -2.23. The minimum absolute atomic E-state index is 0.0426. The number of pyridine rings is 1. The summed E-state index contributed by atoms with van der Waals surface area (Å²) in [7, 11) is 0. The number of rotatable bonds is 3. The van der Waals surface area contributed by atoms with Crippen LogP contribution >= 0.6 is 11.6 Å². The van der Waals surface area contributed by atoms with E-state index in [-0.39, 0.29) is 5.91 Å². The summed E-state index contributed by atoms with van der Waals surface area (Å²) in [6.45, 7) is 3.54. The first kappa shape index (κ1) is 13.1. The summed E-state index contributed by atoms with van der Waals surface area (Å²) in [6.07, 6.45) is 6.89. The van der Waals surface area contributed by atoms with Crippen molar-refractivity contribution in [1.29, 1.82) is 0 Å². The Balaban J connectivity index is 2.21. The zero-order valence-corrected chi connectivity index (χ0v) is 11.3. The van der Waals surface area contributed by atoms with Gasteiger partial charge in [-0.05, 0) is 25.0 Å². The Morgan fingerprint density at radius 1 is 1.44 bits per heavy atom. The second kappa shape index (κ2) is 6.01. The third-order valence-corrected chi connectivity index (χ3v) is 3.14. The molecule has 1 amide bonds. The lowest BCUT2D eigenvalue weighted by molar-refractivity contribution is 0.0771. The van der Waals surface area contributed by atoms with Crippen LogP contribution in [0.3, 0.4) is 0 Å². The second-order valence-corrected chi connectivity index (χ2v) is 4.82. The van der Waals surface area contributed by atoms with Crippen molar-refractivity contribution >= 4 is 17.5 Å². The minimum atomic E-state index is 0.0426. The molecule has 0 aliphatic carbocycles. The molecule has 1 aliphatic rings. The second-order valence-electron chi connectivity index (χ2n) is 4.43. The lowest BCUT2D eigenvalue weighted by Crippen LogP contribution is -2.33. The van der Waals surface area contributed by atoms with E-state index < -0.39 is 0 Å². The number of hydrogen-bond donors (Lipinski definition) is 0. The first-order chi connectivity index (χ1) is 8.70. The largest absolute Gasteiger partial charge is 0.335 e. The number of aryl methyl sites for hydroxylation is 1. The number of carbonyl (C=O) groups excluding carboxylic acids is 1. The van der Waals surface area contributed by atoms with Gasteiger partial charge in [0.25, 0.3) is 5.91 Å². The van der Waals surface area contributed by atoms with Gasteiger partial charge in [-0.1, -0.05) is 37.1 Å². The third kappa shape index (κ3) is 3.10. The molecule has 0 unspecified atom stereocenters. The van der Waals surface area contributed by atoms with E-state index in [0.29, 0.717) is 17.3 Å². The SMILES string of the molecule is CCCc1cc(C(=O)N2CC=CCC2)cc(Cl)n1. The van der Waals surface area contributed by atoms with Crippen molar-refractivity contribution < 1.29 is 4.79 Å². The minimum Gasteiger partial charge on any atom is -0.335 e. The summed E-state index contributed by atoms with van der Waals surface area (Å²) in [5.41, 5.74) is 1.54. The van der Waals surface area contributed by atoms with Crippen LogP contribution < -0.4 is 0 Å². The lowest BCUT2D eigenvalue weighted by atomic mass is 10.1. The van der Waals surface area contributed by atoms with Gasteiger partial charge in [0.05, 0.1) is 0 Å². The zero-order chi connectivity index (χ0) is 13.0. The van der Waals surface area contributed by atoms with Crippen molar-refractivity contribution in [2.75, 3.05) is 13.1 Å². The van der Waals surface area contributed by atoms with Crippen LogP contribution in [0.15, 0.2) is 24.3 Å². The number of aromatic nitrogens is 1. The predicted molar refractivity (Wildman–Crippen MR) is 72.9 cm³/mol. The first-order valence-electron chi connectivity index (χ1n) is 6.31. The average molecular weight is 265 g/mol. The average Bonchev–Trinajstić information content (AvgIpc) is 2.38. The van der Waals surface area contributed by atoms with Gasteiger partial charge in [0.15, 0.2) is 0 Å². The Hall–Kier alpha value is -1.35. The Labute approximate surface area is 112 Å². The molecular weight excluding hydrogens is 248 g/mol. The standard InChI is InChI=1S/C14H17ClN2O/c1-2-6-12-9-11(10-13(15)16-12)14(18)17-7-4-3-5-8-17/h3-4,9-10H,2,5-8H2,1H3. The molecular formula is C14H17ClN2O. The van der Waals surface area contributed by atoms with Gasteiger partial charge < -0.3 is 4.90 Å². The van der Waals surface area contributed by atoms with Crippen molar-refractivity contribution in [2.45, 2.75) is 26.2 Å². The number of halogens is 1. The molecule has 18 heavy (non-hydrogen) atoms. The summed E-state index contributed by atoms with van der Waals surface area (Å²) < 4.78 is 0. The van der Waals surface area contributed by atoms with Crippen LogP contribution in [-0.4, -0.2) is 28.9 Å². The van der Waals surface area contributed by atoms with E-state index >= 15 is 0 Å². The van der Waals surface area contributed by atoms with Gasteiger partial charge in [0.1, 0.15) is 5.15 Å². The van der Waals surface area contributed by atoms with Crippen LogP contribution in [0, 0.1) is 0 Å². The smallest absolute Gasteiger partial charge is 0.254 e. The molecule has 0 N–H and O–H groups in total. The van der Waals surface area contributed by atoms with E-state index in [1.807, 2.05) is 17.0 Å². The Kier molecular flexibility index (Phi) is 4.37. The van der Waals surface area contributed by atoms with E-state index in [1.54, 1.807) is 6.07 Å². The van der Waals surface area contributed by atoms with Crippen LogP contribution in [0.25, 0.3) is 0 Å². The highest BCUT2D eigenvalue weighted by atomic mass is 35.5. The van der Waals surface area contributed by atoms with Crippen molar-refractivity contribution in [1.82, 2.24) is 9.88 Å². The molecule has 0 fully saturated rings. The van der Waals surface area contributed by atoms with Gasteiger partial charge in [0, 0.05) is 24.3 Å². The number of amides is 1. The molecule has 0 bridgehead atoms. The summed E-state index contributed by atoms with van der Waals surface area (Å²) in [5, 5.41) is 0.400. The van der Waals surface area contributed by atoms with E-state index in [1.165, 1.54) is 0 Å². The monoisotopic (exact) mass is 264 g/mol. The molecule has 0 saturated carbocycles. The highest BCUT2D eigenvalue weighted by Crippen LogP contribution is 2.15. The molecule has 1 aliphatic heterocycles. The fourth-order valence-corrected chi connectivity index (χ4v) is 2.29. The van der Waals surface area contributed by atoms with Crippen LogP contribution in [-0.2, 0) is 6.42 Å². The molecule has 2 rings (SSSR count).